The lowest BCUT2D eigenvalue weighted by Gasteiger charge is -2.12. The molecular formula is C19H18O3S. The van der Waals surface area contributed by atoms with Crippen molar-refractivity contribution in [3.63, 3.8) is 0 Å². The van der Waals surface area contributed by atoms with Crippen LogP contribution >= 0.6 is 11.8 Å². The van der Waals surface area contributed by atoms with Crippen LogP contribution in [0.25, 0.3) is 11.0 Å². The Morgan fingerprint density at radius 1 is 1.04 bits per heavy atom. The van der Waals surface area contributed by atoms with Crippen LogP contribution in [0.4, 0.5) is 0 Å². The van der Waals surface area contributed by atoms with Crippen molar-refractivity contribution in [3.05, 3.63) is 69.4 Å². The molecule has 0 saturated heterocycles. The van der Waals surface area contributed by atoms with E-state index in [2.05, 4.69) is 0 Å². The quantitative estimate of drug-likeness (QED) is 0.651. The highest BCUT2D eigenvalue weighted by Gasteiger charge is 2.14. The lowest BCUT2D eigenvalue weighted by atomic mass is 10.1. The van der Waals surface area contributed by atoms with Gasteiger partial charge in [0.05, 0.1) is 5.39 Å². The van der Waals surface area contributed by atoms with Crippen molar-refractivity contribution >= 4 is 22.7 Å². The molecule has 0 unspecified atom stereocenters. The van der Waals surface area contributed by atoms with Gasteiger partial charge in [0, 0.05) is 11.1 Å². The maximum atomic E-state index is 12.4. The predicted molar refractivity (Wildman–Crippen MR) is 94.5 cm³/mol. The Labute approximate surface area is 139 Å². The van der Waals surface area contributed by atoms with Crippen molar-refractivity contribution in [2.75, 3.05) is 6.26 Å². The van der Waals surface area contributed by atoms with Crippen LogP contribution in [0.2, 0.25) is 0 Å². The van der Waals surface area contributed by atoms with Gasteiger partial charge < -0.3 is 9.15 Å². The van der Waals surface area contributed by atoms with Crippen LogP contribution in [0, 0.1) is 13.8 Å². The summed E-state index contributed by atoms with van der Waals surface area (Å²) in [4.78, 5) is 12.4. The third-order valence-corrected chi connectivity index (χ3v) is 4.63. The second-order valence-corrected chi connectivity index (χ2v) is 6.17. The largest absolute Gasteiger partial charge is 0.488 e. The Bertz CT molecular complexity index is 898. The highest BCUT2D eigenvalue weighted by molar-refractivity contribution is 7.98. The first-order valence-corrected chi connectivity index (χ1v) is 8.62. The smallest absolute Gasteiger partial charge is 0.196 e. The number of thioether (sulfide) groups is 1. The van der Waals surface area contributed by atoms with Gasteiger partial charge in [0.25, 0.3) is 0 Å². The summed E-state index contributed by atoms with van der Waals surface area (Å²) in [5.41, 5.74) is 3.24. The second kappa shape index (κ2) is 6.50. The van der Waals surface area contributed by atoms with E-state index in [0.29, 0.717) is 28.2 Å². The monoisotopic (exact) mass is 326 g/mol. The van der Waals surface area contributed by atoms with Gasteiger partial charge in [-0.25, -0.2) is 0 Å². The fourth-order valence-electron chi connectivity index (χ4n) is 2.53. The fourth-order valence-corrected chi connectivity index (χ4v) is 3.10. The summed E-state index contributed by atoms with van der Waals surface area (Å²) < 4.78 is 11.8. The van der Waals surface area contributed by atoms with Crippen molar-refractivity contribution in [3.8, 4) is 5.75 Å². The van der Waals surface area contributed by atoms with E-state index in [1.54, 1.807) is 13.0 Å². The topological polar surface area (TPSA) is 39.4 Å². The summed E-state index contributed by atoms with van der Waals surface area (Å²) in [6.45, 7) is 4.20. The van der Waals surface area contributed by atoms with Gasteiger partial charge in [-0.15, -0.1) is 0 Å². The molecule has 1 aromatic heterocycles. The maximum absolute atomic E-state index is 12.4. The van der Waals surface area contributed by atoms with Gasteiger partial charge in [-0.3, -0.25) is 4.79 Å². The molecule has 0 amide bonds. The van der Waals surface area contributed by atoms with Crippen molar-refractivity contribution in [2.45, 2.75) is 25.5 Å². The molecule has 1 heterocycles. The third kappa shape index (κ3) is 2.99. The molecule has 23 heavy (non-hydrogen) atoms. The van der Waals surface area contributed by atoms with Crippen molar-refractivity contribution in [1.29, 1.82) is 0 Å². The van der Waals surface area contributed by atoms with Crippen LogP contribution in [0.3, 0.4) is 0 Å². The number of benzene rings is 2. The Hall–Kier alpha value is -2.20. The summed E-state index contributed by atoms with van der Waals surface area (Å²) in [5, 5.41) is 1.26. The second-order valence-electron chi connectivity index (χ2n) is 5.39. The normalized spacial score (nSPS) is 10.9. The minimum absolute atomic E-state index is 0.0216. The van der Waals surface area contributed by atoms with E-state index in [1.807, 2.05) is 49.6 Å². The van der Waals surface area contributed by atoms with Gasteiger partial charge in [-0.1, -0.05) is 42.1 Å². The van der Waals surface area contributed by atoms with Gasteiger partial charge in [-0.2, -0.15) is 0 Å². The molecule has 0 N–H and O–H groups in total. The van der Waals surface area contributed by atoms with Crippen LogP contribution in [0.1, 0.15) is 16.7 Å². The maximum Gasteiger partial charge on any atom is 0.196 e. The van der Waals surface area contributed by atoms with Gasteiger partial charge >= 0.3 is 0 Å². The molecule has 3 rings (SSSR count). The Balaban J connectivity index is 2.01. The molecule has 0 radical (unpaired) electrons. The molecule has 0 fully saturated rings. The van der Waals surface area contributed by atoms with Crippen LogP contribution in [-0.2, 0) is 6.61 Å². The zero-order valence-corrected chi connectivity index (χ0v) is 14.2. The average molecular weight is 326 g/mol. The van der Waals surface area contributed by atoms with E-state index in [4.69, 9.17) is 9.15 Å². The van der Waals surface area contributed by atoms with Gasteiger partial charge in [0.2, 0.25) is 0 Å². The van der Waals surface area contributed by atoms with Gasteiger partial charge in [-0.05, 0) is 37.8 Å². The number of hydrogen-bond donors (Lipinski definition) is 0. The average Bonchev–Trinajstić information content (AvgIpc) is 2.58. The van der Waals surface area contributed by atoms with E-state index >= 15 is 0 Å². The molecule has 0 spiro atoms. The molecular weight excluding hydrogens is 308 g/mol. The van der Waals surface area contributed by atoms with Crippen molar-refractivity contribution in [1.82, 2.24) is 0 Å². The molecule has 0 aliphatic carbocycles. The molecule has 0 saturated carbocycles. The SMILES string of the molecule is CSc1oc2c(C)c(OCc3ccccc3)ccc2c(=O)c1C. The number of rotatable bonds is 4. The standard InChI is InChI=1S/C19H18O3S/c1-12-16(21-11-14-7-5-4-6-8-14)10-9-15-17(20)13(2)19(23-3)22-18(12)15/h4-10H,11H2,1-3H3. The van der Waals surface area contributed by atoms with E-state index in [-0.39, 0.29) is 5.43 Å². The molecule has 2 aromatic carbocycles. The first-order chi connectivity index (χ1) is 11.1. The lowest BCUT2D eigenvalue weighted by molar-refractivity contribution is 0.303. The van der Waals surface area contributed by atoms with Crippen molar-refractivity contribution in [2.24, 2.45) is 0 Å². The zero-order chi connectivity index (χ0) is 16.4. The number of fused-ring (bicyclic) bond motifs is 1. The first-order valence-electron chi connectivity index (χ1n) is 7.39. The molecule has 118 valence electrons. The molecule has 0 bridgehead atoms. The van der Waals surface area contributed by atoms with E-state index in [9.17, 15) is 4.79 Å². The van der Waals surface area contributed by atoms with Crippen LogP contribution in [-0.4, -0.2) is 6.26 Å². The summed E-state index contributed by atoms with van der Waals surface area (Å²) in [5.74, 6) is 0.736. The minimum atomic E-state index is 0.0216. The Morgan fingerprint density at radius 3 is 2.48 bits per heavy atom. The van der Waals surface area contributed by atoms with E-state index < -0.39 is 0 Å². The number of ether oxygens (including phenoxy) is 1. The third-order valence-electron chi connectivity index (χ3n) is 3.86. The highest BCUT2D eigenvalue weighted by atomic mass is 32.2. The van der Waals surface area contributed by atoms with E-state index in [1.165, 1.54) is 11.8 Å². The van der Waals surface area contributed by atoms with Crippen LogP contribution in [0.5, 0.6) is 5.75 Å². The first kappa shape index (κ1) is 15.7. The van der Waals surface area contributed by atoms with Crippen molar-refractivity contribution < 1.29 is 9.15 Å². The predicted octanol–water partition coefficient (Wildman–Crippen LogP) is 4.71. The number of hydrogen-bond acceptors (Lipinski definition) is 4. The number of aryl methyl sites for hydroxylation is 1. The molecule has 3 aromatic rings. The molecule has 0 atom stereocenters. The van der Waals surface area contributed by atoms with Gasteiger partial charge in [0.15, 0.2) is 10.5 Å². The molecule has 4 heteroatoms. The molecule has 3 nitrogen and oxygen atoms in total. The van der Waals surface area contributed by atoms with E-state index in [0.717, 1.165) is 16.9 Å². The Kier molecular flexibility index (Phi) is 4.44. The van der Waals surface area contributed by atoms with Crippen LogP contribution in [0.15, 0.2) is 56.8 Å². The summed E-state index contributed by atoms with van der Waals surface area (Å²) >= 11 is 1.44. The summed E-state index contributed by atoms with van der Waals surface area (Å²) in [6.07, 6.45) is 1.90. The zero-order valence-electron chi connectivity index (χ0n) is 13.4. The lowest BCUT2D eigenvalue weighted by Crippen LogP contribution is -2.08. The highest BCUT2D eigenvalue weighted by Crippen LogP contribution is 2.30. The summed E-state index contributed by atoms with van der Waals surface area (Å²) in [6, 6.07) is 13.6. The molecule has 0 aliphatic rings. The van der Waals surface area contributed by atoms with Crippen LogP contribution < -0.4 is 10.2 Å². The summed E-state index contributed by atoms with van der Waals surface area (Å²) in [7, 11) is 0. The Morgan fingerprint density at radius 2 is 1.78 bits per heavy atom. The van der Waals surface area contributed by atoms with Gasteiger partial charge in [0.1, 0.15) is 17.9 Å². The fraction of sp³-hybridized carbons (Fsp3) is 0.211. The molecule has 0 aliphatic heterocycles. The minimum Gasteiger partial charge on any atom is -0.488 e.